The van der Waals surface area contributed by atoms with Gasteiger partial charge in [-0.2, -0.15) is 5.10 Å². The molecule has 0 aromatic heterocycles. The van der Waals surface area contributed by atoms with E-state index in [2.05, 4.69) is 10.5 Å². The van der Waals surface area contributed by atoms with Crippen LogP contribution in [-0.4, -0.2) is 24.3 Å². The predicted octanol–water partition coefficient (Wildman–Crippen LogP) is 3.22. The minimum Gasteiger partial charge on any atom is -0.504 e. The monoisotopic (exact) mass is 330 g/mol. The molecule has 0 unspecified atom stereocenters. The van der Waals surface area contributed by atoms with Gasteiger partial charge >= 0.3 is 0 Å². The summed E-state index contributed by atoms with van der Waals surface area (Å²) in [6.45, 7) is 0. The molecule has 2 aromatic carbocycles. The number of hydrogen-bond donors (Lipinski definition) is 2. The fourth-order valence-electron chi connectivity index (χ4n) is 1.73. The fourth-order valence-corrected chi connectivity index (χ4v) is 1.85. The molecule has 2 rings (SSSR count). The maximum Gasteiger partial charge on any atom is 0.264 e. The topological polar surface area (TPSA) is 70.9 Å². The molecule has 0 aliphatic carbocycles. The molecule has 1 amide bonds. The molecule has 23 heavy (non-hydrogen) atoms. The van der Waals surface area contributed by atoms with E-state index in [9.17, 15) is 9.90 Å². The van der Waals surface area contributed by atoms with Crippen LogP contribution in [0.5, 0.6) is 11.5 Å². The van der Waals surface area contributed by atoms with E-state index >= 15 is 0 Å². The van der Waals surface area contributed by atoms with Crippen LogP contribution in [0, 0.1) is 0 Å². The summed E-state index contributed by atoms with van der Waals surface area (Å²) in [5.74, 6) is 0.0113. The van der Waals surface area contributed by atoms with Crippen molar-refractivity contribution in [2.24, 2.45) is 5.10 Å². The first-order valence-corrected chi connectivity index (χ1v) is 7.10. The van der Waals surface area contributed by atoms with Crippen LogP contribution in [0.1, 0.15) is 11.1 Å². The molecule has 0 saturated carbocycles. The van der Waals surface area contributed by atoms with Gasteiger partial charge in [0.1, 0.15) is 0 Å². The highest BCUT2D eigenvalue weighted by Crippen LogP contribution is 2.26. The lowest BCUT2D eigenvalue weighted by atomic mass is 10.2. The van der Waals surface area contributed by atoms with E-state index in [4.69, 9.17) is 16.3 Å². The Balaban J connectivity index is 1.92. The van der Waals surface area contributed by atoms with Gasteiger partial charge in [-0.25, -0.2) is 5.43 Å². The van der Waals surface area contributed by atoms with Crippen molar-refractivity contribution in [1.29, 1.82) is 0 Å². The quantitative estimate of drug-likeness (QED) is 0.502. The number of benzene rings is 2. The van der Waals surface area contributed by atoms with Gasteiger partial charge in [-0.15, -0.1) is 0 Å². The van der Waals surface area contributed by atoms with Gasteiger partial charge in [0, 0.05) is 11.1 Å². The van der Waals surface area contributed by atoms with Crippen LogP contribution in [0.4, 0.5) is 0 Å². The molecule has 118 valence electrons. The van der Waals surface area contributed by atoms with Gasteiger partial charge < -0.3 is 9.84 Å². The molecular weight excluding hydrogens is 316 g/mol. The number of phenols is 1. The van der Waals surface area contributed by atoms with Crippen molar-refractivity contribution in [2.45, 2.75) is 0 Å². The highest BCUT2D eigenvalue weighted by molar-refractivity contribution is 6.30. The molecular formula is C17H15ClN2O3. The summed E-state index contributed by atoms with van der Waals surface area (Å²) in [4.78, 5) is 11.7. The molecule has 0 spiro atoms. The molecule has 2 N–H and O–H groups in total. The molecule has 0 saturated heterocycles. The third kappa shape index (κ3) is 5.16. The number of halogens is 1. The van der Waals surface area contributed by atoms with Gasteiger partial charge in [-0.1, -0.05) is 29.8 Å². The molecule has 0 bridgehead atoms. The molecule has 5 nitrogen and oxygen atoms in total. The van der Waals surface area contributed by atoms with Gasteiger partial charge in [0.05, 0.1) is 13.3 Å². The van der Waals surface area contributed by atoms with Crippen LogP contribution < -0.4 is 10.2 Å². The number of methoxy groups -OCH3 is 1. The number of carbonyl (C=O) groups is 1. The first kappa shape index (κ1) is 16.6. The Labute approximate surface area is 138 Å². The van der Waals surface area contributed by atoms with E-state index in [-0.39, 0.29) is 11.7 Å². The summed E-state index contributed by atoms with van der Waals surface area (Å²) in [5.41, 5.74) is 3.93. The summed E-state index contributed by atoms with van der Waals surface area (Å²) in [5, 5.41) is 14.0. The van der Waals surface area contributed by atoms with E-state index in [0.717, 1.165) is 11.1 Å². The second kappa shape index (κ2) is 8.00. The third-order valence-electron chi connectivity index (χ3n) is 2.89. The van der Waals surface area contributed by atoms with Crippen molar-refractivity contribution in [3.63, 3.8) is 0 Å². The number of phenolic OH excluding ortho intramolecular Hbond substituents is 1. The van der Waals surface area contributed by atoms with Crippen LogP contribution in [-0.2, 0) is 4.79 Å². The van der Waals surface area contributed by atoms with Crippen LogP contribution >= 0.6 is 11.6 Å². The summed E-state index contributed by atoms with van der Waals surface area (Å²) >= 11 is 5.78. The smallest absolute Gasteiger partial charge is 0.264 e. The number of carbonyl (C=O) groups excluding carboxylic acids is 1. The maximum absolute atomic E-state index is 11.7. The average molecular weight is 331 g/mol. The Kier molecular flexibility index (Phi) is 5.77. The minimum atomic E-state index is -0.373. The lowest BCUT2D eigenvalue weighted by Crippen LogP contribution is -2.14. The van der Waals surface area contributed by atoms with Crippen LogP contribution in [0.15, 0.2) is 53.6 Å². The number of nitrogens with one attached hydrogen (secondary N) is 1. The molecule has 0 heterocycles. The van der Waals surface area contributed by atoms with E-state index in [1.807, 2.05) is 0 Å². The third-order valence-corrected chi connectivity index (χ3v) is 3.14. The van der Waals surface area contributed by atoms with Crippen LogP contribution in [0.3, 0.4) is 0 Å². The average Bonchev–Trinajstić information content (AvgIpc) is 2.56. The Hall–Kier alpha value is -2.79. The van der Waals surface area contributed by atoms with Gasteiger partial charge in [-0.05, 0) is 41.5 Å². The Morgan fingerprint density at radius 1 is 1.22 bits per heavy atom. The van der Waals surface area contributed by atoms with Gasteiger partial charge in [0.15, 0.2) is 11.5 Å². The number of nitrogens with zero attached hydrogens (tertiary/aromatic N) is 1. The second-order valence-electron chi connectivity index (χ2n) is 4.55. The largest absolute Gasteiger partial charge is 0.504 e. The molecule has 6 heteroatoms. The van der Waals surface area contributed by atoms with E-state index in [1.54, 1.807) is 42.5 Å². The summed E-state index contributed by atoms with van der Waals surface area (Å²) in [6, 6.07) is 11.8. The molecule has 0 radical (unpaired) electrons. The second-order valence-corrected chi connectivity index (χ2v) is 4.99. The van der Waals surface area contributed by atoms with Crippen LogP contribution in [0.25, 0.3) is 6.08 Å². The van der Waals surface area contributed by atoms with Crippen LogP contribution in [0.2, 0.25) is 5.02 Å². The predicted molar refractivity (Wildman–Crippen MR) is 90.9 cm³/mol. The Morgan fingerprint density at radius 3 is 2.61 bits per heavy atom. The van der Waals surface area contributed by atoms with Crippen molar-refractivity contribution >= 4 is 29.8 Å². The van der Waals surface area contributed by atoms with Crippen molar-refractivity contribution < 1.29 is 14.6 Å². The van der Waals surface area contributed by atoms with Crippen molar-refractivity contribution in [3.05, 3.63) is 64.7 Å². The number of rotatable bonds is 5. The van der Waals surface area contributed by atoms with Crippen molar-refractivity contribution in [2.75, 3.05) is 7.11 Å². The van der Waals surface area contributed by atoms with E-state index in [0.29, 0.717) is 10.8 Å². The van der Waals surface area contributed by atoms with Gasteiger partial charge in [0.25, 0.3) is 5.91 Å². The van der Waals surface area contributed by atoms with Crippen molar-refractivity contribution in [3.8, 4) is 11.5 Å². The Bertz CT molecular complexity index is 740. The summed E-state index contributed by atoms with van der Waals surface area (Å²) in [7, 11) is 1.46. The van der Waals surface area contributed by atoms with Gasteiger partial charge in [-0.3, -0.25) is 4.79 Å². The normalized spacial score (nSPS) is 11.0. The van der Waals surface area contributed by atoms with E-state index < -0.39 is 0 Å². The first-order chi connectivity index (χ1) is 11.1. The minimum absolute atomic E-state index is 0.0432. The first-order valence-electron chi connectivity index (χ1n) is 6.72. The highest BCUT2D eigenvalue weighted by Gasteiger charge is 2.01. The van der Waals surface area contributed by atoms with Crippen molar-refractivity contribution in [1.82, 2.24) is 5.43 Å². The summed E-state index contributed by atoms with van der Waals surface area (Å²) in [6.07, 6.45) is 4.45. The van der Waals surface area contributed by atoms with Gasteiger partial charge in [0.2, 0.25) is 0 Å². The SMILES string of the molecule is COc1cc(/C=C/C(=O)N/N=C/c2ccc(Cl)cc2)ccc1O. The lowest BCUT2D eigenvalue weighted by Gasteiger charge is -2.03. The standard InChI is InChI=1S/C17H15ClN2O3/c1-23-16-10-12(4-8-15(16)21)5-9-17(22)20-19-11-13-2-6-14(18)7-3-13/h2-11,21H,1H3,(H,20,22)/b9-5+,19-11+. The zero-order chi connectivity index (χ0) is 16.7. The molecule has 0 fully saturated rings. The lowest BCUT2D eigenvalue weighted by molar-refractivity contribution is -0.116. The Morgan fingerprint density at radius 2 is 1.91 bits per heavy atom. The molecule has 0 atom stereocenters. The number of ether oxygens (including phenoxy) is 1. The number of hydrogen-bond acceptors (Lipinski definition) is 4. The molecule has 2 aromatic rings. The fraction of sp³-hybridized carbons (Fsp3) is 0.0588. The van der Waals surface area contributed by atoms with E-state index in [1.165, 1.54) is 25.5 Å². The zero-order valence-electron chi connectivity index (χ0n) is 12.4. The summed E-state index contributed by atoms with van der Waals surface area (Å²) < 4.78 is 5.00. The number of aromatic hydroxyl groups is 1. The number of amides is 1. The number of hydrazone groups is 1. The highest BCUT2D eigenvalue weighted by atomic mass is 35.5. The molecule has 0 aliphatic rings. The zero-order valence-corrected chi connectivity index (χ0v) is 13.1. The maximum atomic E-state index is 11.7. The molecule has 0 aliphatic heterocycles.